The molecule has 0 bridgehead atoms. The van der Waals surface area contributed by atoms with E-state index in [1.165, 1.54) is 7.11 Å². The van der Waals surface area contributed by atoms with Gasteiger partial charge in [-0.1, -0.05) is 15.9 Å². The van der Waals surface area contributed by atoms with Crippen LogP contribution in [0.3, 0.4) is 0 Å². The number of halogens is 1. The highest BCUT2D eigenvalue weighted by atomic mass is 79.9. The van der Waals surface area contributed by atoms with Gasteiger partial charge in [0, 0.05) is 23.1 Å². The summed E-state index contributed by atoms with van der Waals surface area (Å²) in [6.45, 7) is 1.16. The van der Waals surface area contributed by atoms with Crippen molar-refractivity contribution in [1.29, 1.82) is 0 Å². The molecule has 102 valence electrons. The number of carbonyl (C=O) groups is 2. The van der Waals surface area contributed by atoms with E-state index in [1.54, 1.807) is 17.0 Å². The fourth-order valence-corrected chi connectivity index (χ4v) is 2.33. The summed E-state index contributed by atoms with van der Waals surface area (Å²) in [5.41, 5.74) is 0.655. The van der Waals surface area contributed by atoms with E-state index in [-0.39, 0.29) is 11.9 Å². The summed E-state index contributed by atoms with van der Waals surface area (Å²) >= 11 is 3.34. The third-order valence-electron chi connectivity index (χ3n) is 3.07. The maximum absolute atomic E-state index is 12.2. The average Bonchev–Trinajstić information content (AvgIpc) is 2.87. The van der Waals surface area contributed by atoms with E-state index in [9.17, 15) is 9.59 Å². The molecule has 5 nitrogen and oxygen atoms in total. The van der Waals surface area contributed by atoms with E-state index >= 15 is 0 Å². The molecular weight excluding hydrogens is 312 g/mol. The minimum absolute atomic E-state index is 0.0123. The standard InChI is InChI=1S/C13H15BrN2O3/c1-19-13(18)15-11-6-7-16(8-11)12(17)9-2-4-10(14)5-3-9/h2-5,11H,6-8H2,1H3,(H,15,18). The van der Waals surface area contributed by atoms with Crippen LogP contribution in [-0.4, -0.2) is 43.1 Å². The molecule has 1 fully saturated rings. The van der Waals surface area contributed by atoms with Crippen molar-refractivity contribution in [3.8, 4) is 0 Å². The monoisotopic (exact) mass is 326 g/mol. The molecule has 0 spiro atoms. The Balaban J connectivity index is 1.95. The number of methoxy groups -OCH3 is 1. The van der Waals surface area contributed by atoms with Crippen LogP contribution in [0.4, 0.5) is 4.79 Å². The quantitative estimate of drug-likeness (QED) is 0.904. The highest BCUT2D eigenvalue weighted by Crippen LogP contribution is 2.16. The van der Waals surface area contributed by atoms with Gasteiger partial charge in [0.1, 0.15) is 0 Å². The lowest BCUT2D eigenvalue weighted by Gasteiger charge is -2.17. The molecule has 1 unspecified atom stereocenters. The molecule has 1 N–H and O–H groups in total. The predicted octanol–water partition coefficient (Wildman–Crippen LogP) is 2.02. The fraction of sp³-hybridized carbons (Fsp3) is 0.385. The van der Waals surface area contributed by atoms with Crippen LogP contribution in [0.25, 0.3) is 0 Å². The van der Waals surface area contributed by atoms with Crippen LogP contribution in [-0.2, 0) is 4.74 Å². The topological polar surface area (TPSA) is 58.6 Å². The van der Waals surface area contributed by atoms with E-state index in [0.717, 1.165) is 10.9 Å². The maximum atomic E-state index is 12.2. The predicted molar refractivity (Wildman–Crippen MR) is 74.0 cm³/mol. The van der Waals surface area contributed by atoms with Gasteiger partial charge < -0.3 is 15.0 Å². The first-order valence-corrected chi connectivity index (χ1v) is 6.79. The largest absolute Gasteiger partial charge is 0.453 e. The van der Waals surface area contributed by atoms with Crippen molar-refractivity contribution in [1.82, 2.24) is 10.2 Å². The molecule has 0 saturated carbocycles. The number of benzene rings is 1. The number of rotatable bonds is 2. The van der Waals surface area contributed by atoms with Gasteiger partial charge in [0.25, 0.3) is 5.91 Å². The average molecular weight is 327 g/mol. The van der Waals surface area contributed by atoms with Crippen molar-refractivity contribution in [2.75, 3.05) is 20.2 Å². The summed E-state index contributed by atoms with van der Waals surface area (Å²) in [6.07, 6.45) is 0.292. The fourth-order valence-electron chi connectivity index (χ4n) is 2.06. The molecule has 1 aromatic rings. The van der Waals surface area contributed by atoms with Crippen LogP contribution < -0.4 is 5.32 Å². The number of ether oxygens (including phenoxy) is 1. The van der Waals surface area contributed by atoms with Crippen molar-refractivity contribution in [2.45, 2.75) is 12.5 Å². The second kappa shape index (κ2) is 6.06. The molecule has 6 heteroatoms. The number of hydrogen-bond acceptors (Lipinski definition) is 3. The van der Waals surface area contributed by atoms with Gasteiger partial charge in [0.05, 0.1) is 13.2 Å². The van der Waals surface area contributed by atoms with Crippen LogP contribution in [0.2, 0.25) is 0 Å². The maximum Gasteiger partial charge on any atom is 0.407 e. The van der Waals surface area contributed by atoms with Crippen molar-refractivity contribution in [2.24, 2.45) is 0 Å². The third kappa shape index (κ3) is 3.47. The van der Waals surface area contributed by atoms with Gasteiger partial charge in [-0.25, -0.2) is 4.79 Å². The molecule has 0 radical (unpaired) electrons. The van der Waals surface area contributed by atoms with Crippen molar-refractivity contribution in [3.05, 3.63) is 34.3 Å². The zero-order valence-electron chi connectivity index (χ0n) is 10.6. The molecule has 1 aromatic carbocycles. The number of likely N-dealkylation sites (tertiary alicyclic amines) is 1. The Morgan fingerprint density at radius 1 is 1.37 bits per heavy atom. The Kier molecular flexibility index (Phi) is 4.42. The molecule has 1 aliphatic heterocycles. The highest BCUT2D eigenvalue weighted by Gasteiger charge is 2.28. The minimum atomic E-state index is -0.456. The smallest absolute Gasteiger partial charge is 0.407 e. The Morgan fingerprint density at radius 2 is 2.05 bits per heavy atom. The molecule has 0 aliphatic carbocycles. The normalized spacial score (nSPS) is 18.2. The number of carbonyl (C=O) groups excluding carboxylic acids is 2. The van der Waals surface area contributed by atoms with Crippen LogP contribution in [0.5, 0.6) is 0 Å². The number of nitrogens with one attached hydrogen (secondary N) is 1. The van der Waals surface area contributed by atoms with Crippen molar-refractivity contribution >= 4 is 27.9 Å². The van der Waals surface area contributed by atoms with Crippen LogP contribution in [0.1, 0.15) is 16.8 Å². The summed E-state index contributed by atoms with van der Waals surface area (Å²) in [4.78, 5) is 25.1. The van der Waals surface area contributed by atoms with Gasteiger partial charge in [-0.2, -0.15) is 0 Å². The third-order valence-corrected chi connectivity index (χ3v) is 3.60. The lowest BCUT2D eigenvalue weighted by Crippen LogP contribution is -2.38. The van der Waals surface area contributed by atoms with Gasteiger partial charge in [0.2, 0.25) is 0 Å². The molecule has 0 aromatic heterocycles. The first-order valence-electron chi connectivity index (χ1n) is 5.99. The van der Waals surface area contributed by atoms with Crippen LogP contribution in [0, 0.1) is 0 Å². The van der Waals surface area contributed by atoms with Crippen LogP contribution in [0.15, 0.2) is 28.7 Å². The lowest BCUT2D eigenvalue weighted by molar-refractivity contribution is 0.0788. The van der Waals surface area contributed by atoms with Gasteiger partial charge in [0.15, 0.2) is 0 Å². The lowest BCUT2D eigenvalue weighted by atomic mass is 10.2. The summed E-state index contributed by atoms with van der Waals surface area (Å²) in [6, 6.07) is 7.22. The van der Waals surface area contributed by atoms with E-state index in [0.29, 0.717) is 18.7 Å². The van der Waals surface area contributed by atoms with Gasteiger partial charge >= 0.3 is 6.09 Å². The van der Waals surface area contributed by atoms with Gasteiger partial charge in [-0.3, -0.25) is 4.79 Å². The number of hydrogen-bond donors (Lipinski definition) is 1. The molecule has 1 atom stereocenters. The molecule has 2 amide bonds. The zero-order chi connectivity index (χ0) is 13.8. The van der Waals surface area contributed by atoms with E-state index in [4.69, 9.17) is 0 Å². The molecule has 1 heterocycles. The molecule has 1 aliphatic rings. The van der Waals surface area contributed by atoms with E-state index < -0.39 is 6.09 Å². The zero-order valence-corrected chi connectivity index (χ0v) is 12.1. The Hall–Kier alpha value is -1.56. The summed E-state index contributed by atoms with van der Waals surface area (Å²) in [5, 5.41) is 2.71. The molecular formula is C13H15BrN2O3. The molecule has 19 heavy (non-hydrogen) atoms. The number of nitrogens with zero attached hydrogens (tertiary/aromatic N) is 1. The van der Waals surface area contributed by atoms with Gasteiger partial charge in [-0.15, -0.1) is 0 Å². The van der Waals surface area contributed by atoms with Crippen molar-refractivity contribution < 1.29 is 14.3 Å². The SMILES string of the molecule is COC(=O)NC1CCN(C(=O)c2ccc(Br)cc2)C1. The Bertz CT molecular complexity index is 475. The van der Waals surface area contributed by atoms with E-state index in [2.05, 4.69) is 26.0 Å². The van der Waals surface area contributed by atoms with Gasteiger partial charge in [-0.05, 0) is 30.7 Å². The minimum Gasteiger partial charge on any atom is -0.453 e. The molecule has 2 rings (SSSR count). The van der Waals surface area contributed by atoms with Crippen LogP contribution >= 0.6 is 15.9 Å². The van der Waals surface area contributed by atoms with Crippen molar-refractivity contribution in [3.63, 3.8) is 0 Å². The summed E-state index contributed by atoms with van der Waals surface area (Å²) in [5.74, 6) is -0.0123. The number of amides is 2. The first-order chi connectivity index (χ1) is 9.10. The first kappa shape index (κ1) is 13.9. The van der Waals surface area contributed by atoms with E-state index in [1.807, 2.05) is 12.1 Å². The Labute approximate surface area is 120 Å². The second-order valence-corrected chi connectivity index (χ2v) is 5.30. The Morgan fingerprint density at radius 3 is 2.68 bits per heavy atom. The summed E-state index contributed by atoms with van der Waals surface area (Å²) in [7, 11) is 1.33. The second-order valence-electron chi connectivity index (χ2n) is 4.38. The molecule has 1 saturated heterocycles. The summed E-state index contributed by atoms with van der Waals surface area (Å²) < 4.78 is 5.49. The highest BCUT2D eigenvalue weighted by molar-refractivity contribution is 9.10. The number of alkyl carbamates (subject to hydrolysis) is 1.